The summed E-state index contributed by atoms with van der Waals surface area (Å²) in [7, 11) is 0. The number of nitrogens with one attached hydrogen (secondary N) is 1. The average Bonchev–Trinajstić information content (AvgIpc) is 3.30. The molecule has 4 aromatic rings. The second-order valence-electron chi connectivity index (χ2n) is 8.11. The first kappa shape index (κ1) is 22.1. The Balaban J connectivity index is 1.68. The quantitative estimate of drug-likeness (QED) is 0.282. The van der Waals surface area contributed by atoms with Crippen molar-refractivity contribution in [3.8, 4) is 5.69 Å². The number of anilines is 1. The van der Waals surface area contributed by atoms with Crippen LogP contribution in [-0.4, -0.2) is 14.7 Å². The Morgan fingerprint density at radius 2 is 1.76 bits per heavy atom. The monoisotopic (exact) mass is 536 g/mol. The maximum absolute atomic E-state index is 6.31. The van der Waals surface area contributed by atoms with Crippen LogP contribution in [0.3, 0.4) is 0 Å². The van der Waals surface area contributed by atoms with Crippen molar-refractivity contribution in [3.63, 3.8) is 0 Å². The van der Waals surface area contributed by atoms with Gasteiger partial charge in [-0.1, -0.05) is 39.7 Å². The van der Waals surface area contributed by atoms with Gasteiger partial charge in [0.15, 0.2) is 5.11 Å². The van der Waals surface area contributed by atoms with E-state index in [1.54, 1.807) is 0 Å². The van der Waals surface area contributed by atoms with Crippen molar-refractivity contribution in [2.75, 3.05) is 4.90 Å². The first-order valence-corrected chi connectivity index (χ1v) is 12.2. The highest BCUT2D eigenvalue weighted by molar-refractivity contribution is 9.10. The standard InChI is InChI=1S/C26H22BrClN4S/c1-16-14-22(17(2)31(16)21-7-5-6-19(28)15-21)25-24(23-8-3-4-13-29-23)30-26(33)32(25)20-11-9-18(27)10-12-20/h3-15,24-25H,1-2H3,(H,30,33)/t24-,25-/m0/s1. The van der Waals surface area contributed by atoms with Gasteiger partial charge >= 0.3 is 0 Å². The molecule has 3 heterocycles. The predicted molar refractivity (Wildman–Crippen MR) is 142 cm³/mol. The van der Waals surface area contributed by atoms with Gasteiger partial charge in [0, 0.05) is 38.5 Å². The largest absolute Gasteiger partial charge is 0.351 e. The number of rotatable bonds is 4. The van der Waals surface area contributed by atoms with Crippen molar-refractivity contribution in [3.05, 3.63) is 111 Å². The zero-order chi connectivity index (χ0) is 23.1. The van der Waals surface area contributed by atoms with E-state index in [1.165, 1.54) is 5.56 Å². The van der Waals surface area contributed by atoms with E-state index in [9.17, 15) is 0 Å². The van der Waals surface area contributed by atoms with E-state index < -0.39 is 0 Å². The van der Waals surface area contributed by atoms with E-state index in [-0.39, 0.29) is 12.1 Å². The number of nitrogens with zero attached hydrogens (tertiary/aromatic N) is 3. The highest BCUT2D eigenvalue weighted by Gasteiger charge is 2.42. The molecule has 1 N–H and O–H groups in total. The fourth-order valence-corrected chi connectivity index (χ4v) is 5.45. The summed E-state index contributed by atoms with van der Waals surface area (Å²) in [6, 6.07) is 24.3. The van der Waals surface area contributed by atoms with Crippen molar-refractivity contribution in [1.82, 2.24) is 14.9 Å². The van der Waals surface area contributed by atoms with Gasteiger partial charge < -0.3 is 14.8 Å². The lowest BCUT2D eigenvalue weighted by atomic mass is 9.96. The van der Waals surface area contributed by atoms with Crippen LogP contribution >= 0.6 is 39.7 Å². The summed E-state index contributed by atoms with van der Waals surface area (Å²) < 4.78 is 3.28. The highest BCUT2D eigenvalue weighted by atomic mass is 79.9. The van der Waals surface area contributed by atoms with Gasteiger partial charge in [0.2, 0.25) is 0 Å². The number of aryl methyl sites for hydroxylation is 1. The van der Waals surface area contributed by atoms with Gasteiger partial charge in [-0.15, -0.1) is 0 Å². The number of pyridine rings is 1. The lowest BCUT2D eigenvalue weighted by molar-refractivity contribution is 0.565. The third-order valence-corrected chi connectivity index (χ3v) is 7.14. The van der Waals surface area contributed by atoms with E-state index in [1.807, 2.05) is 48.7 Å². The Morgan fingerprint density at radius 3 is 2.45 bits per heavy atom. The number of hydrogen-bond donors (Lipinski definition) is 1. The molecule has 0 aliphatic carbocycles. The lowest BCUT2D eigenvalue weighted by Gasteiger charge is -2.28. The van der Waals surface area contributed by atoms with Gasteiger partial charge in [0.25, 0.3) is 0 Å². The van der Waals surface area contributed by atoms with Gasteiger partial charge in [-0.05, 0) is 92.3 Å². The Morgan fingerprint density at radius 1 is 0.970 bits per heavy atom. The molecule has 2 atom stereocenters. The Labute approximate surface area is 212 Å². The van der Waals surface area contributed by atoms with Crippen LogP contribution in [0.25, 0.3) is 5.69 Å². The zero-order valence-corrected chi connectivity index (χ0v) is 21.3. The molecule has 1 saturated heterocycles. The lowest BCUT2D eigenvalue weighted by Crippen LogP contribution is -2.29. The first-order chi connectivity index (χ1) is 15.9. The van der Waals surface area contributed by atoms with Crippen LogP contribution in [0.2, 0.25) is 5.02 Å². The predicted octanol–water partition coefficient (Wildman–Crippen LogP) is 7.08. The minimum absolute atomic E-state index is 0.0623. The van der Waals surface area contributed by atoms with Gasteiger partial charge in [-0.2, -0.15) is 0 Å². The van der Waals surface area contributed by atoms with E-state index in [2.05, 4.69) is 79.9 Å². The third kappa shape index (κ3) is 4.07. The zero-order valence-electron chi connectivity index (χ0n) is 18.2. The van der Waals surface area contributed by atoms with Gasteiger partial charge in [-0.25, -0.2) is 0 Å². The summed E-state index contributed by atoms with van der Waals surface area (Å²) >= 11 is 15.7. The molecule has 33 heavy (non-hydrogen) atoms. The number of halogens is 2. The molecule has 2 aromatic heterocycles. The maximum Gasteiger partial charge on any atom is 0.174 e. The smallest absolute Gasteiger partial charge is 0.174 e. The Kier molecular flexibility index (Phi) is 5.99. The molecule has 2 aromatic carbocycles. The molecule has 0 amide bonds. The molecule has 7 heteroatoms. The van der Waals surface area contributed by atoms with E-state index >= 15 is 0 Å². The SMILES string of the molecule is Cc1cc([C@H]2[C@H](c3ccccn3)NC(=S)N2c2ccc(Br)cc2)c(C)n1-c1cccc(Cl)c1. The topological polar surface area (TPSA) is 33.1 Å². The number of aromatic nitrogens is 2. The van der Waals surface area contributed by atoms with Crippen LogP contribution in [0.15, 0.2) is 83.5 Å². The maximum atomic E-state index is 6.31. The molecule has 4 nitrogen and oxygen atoms in total. The van der Waals surface area contributed by atoms with Crippen LogP contribution in [0.4, 0.5) is 5.69 Å². The number of thiocarbonyl (C=S) groups is 1. The molecule has 1 aliphatic heterocycles. The van der Waals surface area contributed by atoms with Crippen molar-refractivity contribution in [1.29, 1.82) is 0 Å². The number of hydrogen-bond acceptors (Lipinski definition) is 2. The summed E-state index contributed by atoms with van der Waals surface area (Å²) in [5.74, 6) is 0. The van der Waals surface area contributed by atoms with Crippen molar-refractivity contribution < 1.29 is 0 Å². The molecule has 0 radical (unpaired) electrons. The molecular formula is C26H22BrClN4S. The average molecular weight is 538 g/mol. The summed E-state index contributed by atoms with van der Waals surface area (Å²) in [5, 5.41) is 4.94. The minimum atomic E-state index is -0.0874. The van der Waals surface area contributed by atoms with Gasteiger partial charge in [0.05, 0.1) is 17.8 Å². The van der Waals surface area contributed by atoms with E-state index in [0.717, 1.165) is 32.9 Å². The molecule has 0 spiro atoms. The highest BCUT2D eigenvalue weighted by Crippen LogP contribution is 2.44. The summed E-state index contributed by atoms with van der Waals surface area (Å²) in [6.45, 7) is 4.28. The minimum Gasteiger partial charge on any atom is -0.351 e. The van der Waals surface area contributed by atoms with Crippen LogP contribution in [0.5, 0.6) is 0 Å². The molecule has 1 aliphatic rings. The van der Waals surface area contributed by atoms with E-state index in [0.29, 0.717) is 10.1 Å². The second kappa shape index (κ2) is 8.93. The van der Waals surface area contributed by atoms with E-state index in [4.69, 9.17) is 23.8 Å². The summed E-state index contributed by atoms with van der Waals surface area (Å²) in [4.78, 5) is 6.86. The molecular weight excluding hydrogens is 516 g/mol. The van der Waals surface area contributed by atoms with Crippen LogP contribution in [0.1, 0.15) is 34.7 Å². The molecule has 5 rings (SSSR count). The van der Waals surface area contributed by atoms with Crippen LogP contribution in [0, 0.1) is 13.8 Å². The first-order valence-electron chi connectivity index (χ1n) is 10.6. The summed E-state index contributed by atoms with van der Waals surface area (Å²) in [6.07, 6.45) is 1.83. The molecule has 1 fully saturated rings. The van der Waals surface area contributed by atoms with Crippen molar-refractivity contribution in [2.24, 2.45) is 0 Å². The van der Waals surface area contributed by atoms with Gasteiger partial charge in [-0.3, -0.25) is 4.98 Å². The van der Waals surface area contributed by atoms with Crippen LogP contribution in [-0.2, 0) is 0 Å². The number of benzene rings is 2. The molecule has 166 valence electrons. The normalized spacial score (nSPS) is 17.9. The Hall–Kier alpha value is -2.67. The molecule has 0 unspecified atom stereocenters. The second-order valence-corrected chi connectivity index (χ2v) is 9.85. The van der Waals surface area contributed by atoms with Crippen molar-refractivity contribution in [2.45, 2.75) is 25.9 Å². The summed E-state index contributed by atoms with van der Waals surface area (Å²) in [5.41, 5.74) is 6.51. The fourth-order valence-electron chi connectivity index (χ4n) is 4.65. The molecule has 0 bridgehead atoms. The van der Waals surface area contributed by atoms with Crippen LogP contribution < -0.4 is 10.2 Å². The molecule has 0 saturated carbocycles. The Bertz CT molecular complexity index is 1320. The van der Waals surface area contributed by atoms with Crippen molar-refractivity contribution >= 4 is 50.5 Å². The fraction of sp³-hybridized carbons (Fsp3) is 0.154. The van der Waals surface area contributed by atoms with Gasteiger partial charge in [0.1, 0.15) is 0 Å². The third-order valence-electron chi connectivity index (χ3n) is 6.06.